The zero-order valence-electron chi connectivity index (χ0n) is 20.0. The molecule has 0 spiro atoms. The highest BCUT2D eigenvalue weighted by Gasteiger charge is 2.53. The fraction of sp³-hybridized carbons (Fsp3) is 0.522. The van der Waals surface area contributed by atoms with E-state index in [0.717, 1.165) is 0 Å². The highest BCUT2D eigenvalue weighted by atomic mass is 19.1. The van der Waals surface area contributed by atoms with E-state index >= 15 is 0 Å². The highest BCUT2D eigenvalue weighted by Crippen LogP contribution is 2.42. The largest absolute Gasteiger partial charge is 0.505 e. The SMILES string of the molecule is CO[C@@H]1[C@@H](OC(N)=O)[C@@H](O)[C@H](Oc2ccc3c(O)c(NC(=O)C4(F)CC4)c(=O)oc3c2C)OC1(C)C. The quantitative estimate of drug-likeness (QED) is 0.417. The number of aliphatic hydroxyl groups is 1. The van der Waals surface area contributed by atoms with Gasteiger partial charge in [0, 0.05) is 12.7 Å². The number of benzene rings is 1. The van der Waals surface area contributed by atoms with Gasteiger partial charge in [-0.3, -0.25) is 4.79 Å². The van der Waals surface area contributed by atoms with Crippen molar-refractivity contribution in [2.45, 2.75) is 69.5 Å². The van der Waals surface area contributed by atoms with Crippen molar-refractivity contribution in [1.29, 1.82) is 0 Å². The van der Waals surface area contributed by atoms with Crippen LogP contribution in [0.1, 0.15) is 32.3 Å². The summed E-state index contributed by atoms with van der Waals surface area (Å²) in [6.45, 7) is 4.81. The van der Waals surface area contributed by atoms with Crippen molar-refractivity contribution >= 4 is 28.7 Å². The Hall–Kier alpha value is -3.42. The van der Waals surface area contributed by atoms with Gasteiger partial charge in [-0.1, -0.05) is 0 Å². The molecule has 4 atom stereocenters. The number of hydrogen-bond acceptors (Lipinski definition) is 10. The number of nitrogens with one attached hydrogen (secondary N) is 1. The summed E-state index contributed by atoms with van der Waals surface area (Å²) in [5, 5.41) is 23.6. The molecule has 1 aromatic carbocycles. The van der Waals surface area contributed by atoms with Crippen molar-refractivity contribution in [3.63, 3.8) is 0 Å². The zero-order chi connectivity index (χ0) is 26.6. The van der Waals surface area contributed by atoms with Crippen molar-refractivity contribution < 1.29 is 47.6 Å². The predicted molar refractivity (Wildman–Crippen MR) is 121 cm³/mol. The van der Waals surface area contributed by atoms with Gasteiger partial charge in [-0.05, 0) is 45.7 Å². The van der Waals surface area contributed by atoms with Gasteiger partial charge in [0.1, 0.15) is 17.4 Å². The number of halogens is 1. The summed E-state index contributed by atoms with van der Waals surface area (Å²) in [7, 11) is 1.36. The molecule has 12 nitrogen and oxygen atoms in total. The molecule has 1 aliphatic heterocycles. The summed E-state index contributed by atoms with van der Waals surface area (Å²) < 4.78 is 41.5. The minimum absolute atomic E-state index is 0.0284. The minimum atomic E-state index is -2.06. The van der Waals surface area contributed by atoms with E-state index in [9.17, 15) is 29.0 Å². The molecule has 4 rings (SSSR count). The lowest BCUT2D eigenvalue weighted by atomic mass is 9.89. The molecule has 1 aromatic heterocycles. The predicted octanol–water partition coefficient (Wildman–Crippen LogP) is 1.60. The summed E-state index contributed by atoms with van der Waals surface area (Å²) in [5.74, 6) is -1.52. The average molecular weight is 510 g/mol. The molecule has 0 unspecified atom stereocenters. The number of aryl methyl sites for hydroxylation is 1. The first-order chi connectivity index (χ1) is 16.8. The van der Waals surface area contributed by atoms with E-state index in [2.05, 4.69) is 5.32 Å². The van der Waals surface area contributed by atoms with Crippen LogP contribution in [-0.2, 0) is 19.0 Å². The monoisotopic (exact) mass is 510 g/mol. The molecule has 1 saturated carbocycles. The van der Waals surface area contributed by atoms with E-state index in [0.29, 0.717) is 0 Å². The van der Waals surface area contributed by atoms with Crippen molar-refractivity contribution in [2.75, 3.05) is 12.4 Å². The first kappa shape index (κ1) is 25.7. The molecule has 0 radical (unpaired) electrons. The number of methoxy groups -OCH3 is 1. The Balaban J connectivity index is 1.66. The molecule has 2 aromatic rings. The number of aliphatic hydroxyl groups excluding tert-OH is 1. The number of primary amides is 1. The number of aromatic hydroxyl groups is 1. The highest BCUT2D eigenvalue weighted by molar-refractivity contribution is 6.02. The summed E-state index contributed by atoms with van der Waals surface area (Å²) in [5.41, 5.74) is 0.513. The number of fused-ring (bicyclic) bond motifs is 1. The maximum Gasteiger partial charge on any atom is 0.404 e. The number of alkyl halides is 1. The van der Waals surface area contributed by atoms with E-state index in [-0.39, 0.29) is 35.1 Å². The third kappa shape index (κ3) is 4.45. The normalized spacial score (nSPS) is 26.3. The van der Waals surface area contributed by atoms with Crippen LogP contribution in [0.15, 0.2) is 21.3 Å². The van der Waals surface area contributed by atoms with Gasteiger partial charge in [-0.2, -0.15) is 0 Å². The Bertz CT molecular complexity index is 1270. The topological polar surface area (TPSA) is 180 Å². The molecule has 2 heterocycles. The maximum absolute atomic E-state index is 14.0. The third-order valence-electron chi connectivity index (χ3n) is 6.35. The van der Waals surface area contributed by atoms with Crippen LogP contribution < -0.4 is 21.4 Å². The number of amides is 2. The molecule has 5 N–H and O–H groups in total. The van der Waals surface area contributed by atoms with E-state index in [1.54, 1.807) is 13.8 Å². The molecule has 1 aliphatic carbocycles. The summed E-state index contributed by atoms with van der Waals surface area (Å²) in [6, 6.07) is 2.76. The van der Waals surface area contributed by atoms with Gasteiger partial charge in [0.25, 0.3) is 5.91 Å². The molecule has 2 aliphatic rings. The van der Waals surface area contributed by atoms with Gasteiger partial charge in [0.15, 0.2) is 29.3 Å². The van der Waals surface area contributed by atoms with Crippen molar-refractivity contribution in [3.8, 4) is 11.5 Å². The van der Waals surface area contributed by atoms with E-state index in [1.165, 1.54) is 26.2 Å². The molecule has 36 heavy (non-hydrogen) atoms. The Labute approximate surface area is 204 Å². The number of hydrogen-bond donors (Lipinski definition) is 4. The van der Waals surface area contributed by atoms with E-state index in [1.807, 2.05) is 0 Å². The second-order valence-electron chi connectivity index (χ2n) is 9.35. The molecule has 196 valence electrons. The van der Waals surface area contributed by atoms with Crippen LogP contribution in [0, 0.1) is 6.92 Å². The molecular formula is C23H27FN2O10. The summed E-state index contributed by atoms with van der Waals surface area (Å²) in [6.07, 6.45) is -6.04. The Morgan fingerprint density at radius 1 is 1.28 bits per heavy atom. The van der Waals surface area contributed by atoms with Crippen LogP contribution >= 0.6 is 0 Å². The van der Waals surface area contributed by atoms with Gasteiger partial charge in [-0.15, -0.1) is 0 Å². The number of ether oxygens (including phenoxy) is 4. The second kappa shape index (κ2) is 8.91. The van der Waals surface area contributed by atoms with Gasteiger partial charge >= 0.3 is 11.7 Å². The minimum Gasteiger partial charge on any atom is -0.505 e. The Morgan fingerprint density at radius 2 is 1.94 bits per heavy atom. The first-order valence-electron chi connectivity index (χ1n) is 11.1. The lowest BCUT2D eigenvalue weighted by Crippen LogP contribution is -2.65. The van der Waals surface area contributed by atoms with Crippen molar-refractivity contribution in [1.82, 2.24) is 0 Å². The summed E-state index contributed by atoms with van der Waals surface area (Å²) in [4.78, 5) is 35.9. The molecule has 13 heteroatoms. The third-order valence-corrected chi connectivity index (χ3v) is 6.35. The van der Waals surface area contributed by atoms with Crippen molar-refractivity contribution in [2.24, 2.45) is 5.73 Å². The van der Waals surface area contributed by atoms with Gasteiger partial charge in [-0.25, -0.2) is 14.0 Å². The van der Waals surface area contributed by atoms with Gasteiger partial charge < -0.3 is 44.6 Å². The fourth-order valence-electron chi connectivity index (χ4n) is 4.24. The average Bonchev–Trinajstić information content (AvgIpc) is 3.54. The summed E-state index contributed by atoms with van der Waals surface area (Å²) >= 11 is 0. The lowest BCUT2D eigenvalue weighted by Gasteiger charge is -2.47. The van der Waals surface area contributed by atoms with Crippen LogP contribution in [0.3, 0.4) is 0 Å². The molecule has 2 amide bonds. The molecular weight excluding hydrogens is 483 g/mol. The number of nitrogens with two attached hydrogens (primary N) is 1. The van der Waals surface area contributed by atoms with Crippen LogP contribution in [-0.4, -0.2) is 65.2 Å². The maximum atomic E-state index is 14.0. The number of carbonyl (C=O) groups excluding carboxylic acids is 2. The van der Waals surface area contributed by atoms with Gasteiger partial charge in [0.05, 0.1) is 11.0 Å². The Kier molecular flexibility index (Phi) is 6.35. The van der Waals surface area contributed by atoms with Gasteiger partial charge in [0.2, 0.25) is 6.29 Å². The number of anilines is 1. The molecule has 0 bridgehead atoms. The van der Waals surface area contributed by atoms with E-state index in [4.69, 9.17) is 29.1 Å². The second-order valence-corrected chi connectivity index (χ2v) is 9.35. The van der Waals surface area contributed by atoms with Crippen molar-refractivity contribution in [3.05, 3.63) is 28.1 Å². The zero-order valence-corrected chi connectivity index (χ0v) is 20.0. The number of carbonyl (C=O) groups is 2. The van der Waals surface area contributed by atoms with Crippen LogP contribution in [0.5, 0.6) is 11.5 Å². The lowest BCUT2D eigenvalue weighted by molar-refractivity contribution is -0.304. The Morgan fingerprint density at radius 3 is 2.53 bits per heavy atom. The molecule has 1 saturated heterocycles. The van der Waals surface area contributed by atoms with Crippen LogP contribution in [0.25, 0.3) is 11.0 Å². The standard InChI is InChI=1S/C23H27FN2O10/c1-9-11(33-19-14(28)16(35-21(25)31)17(32-4)22(2,3)36-19)6-5-10-13(27)12(18(29)34-15(9)10)26-20(30)23(24)7-8-23/h5-6,14,16-17,19,27-28H,7-8H2,1-4H3,(H2,25,31)(H,26,30)/t14-,16+,17-,19-/m1/s1. The van der Waals surface area contributed by atoms with Crippen LogP contribution in [0.2, 0.25) is 0 Å². The van der Waals surface area contributed by atoms with Crippen LogP contribution in [0.4, 0.5) is 14.9 Å². The number of rotatable bonds is 6. The first-order valence-corrected chi connectivity index (χ1v) is 11.1. The van der Waals surface area contributed by atoms with E-state index < -0.39 is 64.9 Å². The fourth-order valence-corrected chi connectivity index (χ4v) is 4.24. The molecule has 2 fully saturated rings. The smallest absolute Gasteiger partial charge is 0.404 e.